The van der Waals surface area contributed by atoms with Crippen molar-refractivity contribution < 1.29 is 13.6 Å². The van der Waals surface area contributed by atoms with Crippen molar-refractivity contribution >= 4 is 5.91 Å². The van der Waals surface area contributed by atoms with E-state index in [1.807, 2.05) is 0 Å². The zero-order valence-corrected chi connectivity index (χ0v) is 10.2. The zero-order chi connectivity index (χ0) is 13.3. The van der Waals surface area contributed by atoms with Gasteiger partial charge in [0.05, 0.1) is 5.92 Å². The molecule has 1 fully saturated rings. The maximum absolute atomic E-state index is 13.1. The van der Waals surface area contributed by atoms with E-state index in [1.54, 1.807) is 11.8 Å². The molecule has 2 N–H and O–H groups in total. The summed E-state index contributed by atoms with van der Waals surface area (Å²) in [5.74, 6) is -2.40. The molecular weight excluding hydrogens is 238 g/mol. The first-order valence-corrected chi connectivity index (χ1v) is 5.98. The fourth-order valence-electron chi connectivity index (χ4n) is 2.19. The van der Waals surface area contributed by atoms with Crippen LogP contribution in [0.25, 0.3) is 0 Å². The smallest absolute Gasteiger partial charge is 0.229 e. The number of nitrogens with zero attached hydrogens (tertiary/aromatic N) is 1. The first-order chi connectivity index (χ1) is 8.49. The van der Waals surface area contributed by atoms with Gasteiger partial charge >= 0.3 is 0 Å². The van der Waals surface area contributed by atoms with Crippen LogP contribution in [-0.2, 0) is 4.79 Å². The van der Waals surface area contributed by atoms with Crippen LogP contribution < -0.4 is 5.73 Å². The molecule has 1 unspecified atom stereocenters. The third-order valence-electron chi connectivity index (χ3n) is 3.35. The van der Waals surface area contributed by atoms with Gasteiger partial charge in [0, 0.05) is 19.1 Å². The molecular formula is C13H16F2N2O. The average Bonchev–Trinajstić information content (AvgIpc) is 2.77. The molecule has 1 heterocycles. The van der Waals surface area contributed by atoms with Crippen molar-refractivity contribution in [2.24, 2.45) is 5.73 Å². The molecule has 3 nitrogen and oxygen atoms in total. The van der Waals surface area contributed by atoms with Crippen LogP contribution in [0, 0.1) is 11.6 Å². The number of carbonyl (C=O) groups excluding carboxylic acids is 1. The van der Waals surface area contributed by atoms with E-state index in [9.17, 15) is 13.6 Å². The summed E-state index contributed by atoms with van der Waals surface area (Å²) in [6.45, 7) is 2.86. The van der Waals surface area contributed by atoms with E-state index < -0.39 is 17.6 Å². The van der Waals surface area contributed by atoms with Crippen LogP contribution in [0.3, 0.4) is 0 Å². The summed E-state index contributed by atoms with van der Waals surface area (Å²) in [4.78, 5) is 13.8. The number of hydrogen-bond donors (Lipinski definition) is 1. The predicted molar refractivity (Wildman–Crippen MR) is 63.9 cm³/mol. The van der Waals surface area contributed by atoms with E-state index in [0.717, 1.165) is 18.6 Å². The standard InChI is InChI=1S/C13H16F2N2O/c1-8(9-2-3-11(14)12(15)6-9)13(18)17-5-4-10(16)7-17/h2-3,6,8,10H,4-5,7,16H2,1H3/t8?,10-/m1/s1. The van der Waals surface area contributed by atoms with Crippen LogP contribution in [0.2, 0.25) is 0 Å². The average molecular weight is 254 g/mol. The molecule has 1 aromatic carbocycles. The Morgan fingerprint density at radius 3 is 2.72 bits per heavy atom. The summed E-state index contributed by atoms with van der Waals surface area (Å²) in [5, 5.41) is 0. The van der Waals surface area contributed by atoms with Gasteiger partial charge in [0.2, 0.25) is 5.91 Å². The molecule has 0 bridgehead atoms. The highest BCUT2D eigenvalue weighted by Gasteiger charge is 2.28. The highest BCUT2D eigenvalue weighted by Crippen LogP contribution is 2.22. The lowest BCUT2D eigenvalue weighted by atomic mass is 9.99. The fourth-order valence-corrected chi connectivity index (χ4v) is 2.19. The third-order valence-corrected chi connectivity index (χ3v) is 3.35. The number of likely N-dealkylation sites (tertiary alicyclic amines) is 1. The maximum Gasteiger partial charge on any atom is 0.229 e. The van der Waals surface area contributed by atoms with Crippen molar-refractivity contribution in [2.45, 2.75) is 25.3 Å². The number of halogens is 2. The van der Waals surface area contributed by atoms with Crippen LogP contribution in [0.5, 0.6) is 0 Å². The van der Waals surface area contributed by atoms with E-state index in [0.29, 0.717) is 18.7 Å². The Kier molecular flexibility index (Phi) is 3.61. The molecule has 1 aliphatic heterocycles. The van der Waals surface area contributed by atoms with Crippen molar-refractivity contribution in [3.63, 3.8) is 0 Å². The van der Waals surface area contributed by atoms with Crippen molar-refractivity contribution in [2.75, 3.05) is 13.1 Å². The van der Waals surface area contributed by atoms with Gasteiger partial charge in [0.1, 0.15) is 0 Å². The Morgan fingerprint density at radius 1 is 1.44 bits per heavy atom. The highest BCUT2D eigenvalue weighted by atomic mass is 19.2. The summed E-state index contributed by atoms with van der Waals surface area (Å²) in [7, 11) is 0. The van der Waals surface area contributed by atoms with Crippen LogP contribution in [-0.4, -0.2) is 29.9 Å². The van der Waals surface area contributed by atoms with Crippen LogP contribution in [0.4, 0.5) is 8.78 Å². The number of carbonyl (C=O) groups is 1. The van der Waals surface area contributed by atoms with Crippen LogP contribution >= 0.6 is 0 Å². The lowest BCUT2D eigenvalue weighted by Crippen LogP contribution is -2.34. The minimum absolute atomic E-state index is 0.0195. The highest BCUT2D eigenvalue weighted by molar-refractivity contribution is 5.83. The summed E-state index contributed by atoms with van der Waals surface area (Å²) >= 11 is 0. The number of nitrogens with two attached hydrogens (primary N) is 1. The topological polar surface area (TPSA) is 46.3 Å². The van der Waals surface area contributed by atoms with Crippen LogP contribution in [0.15, 0.2) is 18.2 Å². The van der Waals surface area contributed by atoms with E-state index in [-0.39, 0.29) is 11.9 Å². The Bertz CT molecular complexity index is 464. The van der Waals surface area contributed by atoms with E-state index in [4.69, 9.17) is 5.73 Å². The van der Waals surface area contributed by atoms with Gasteiger partial charge in [-0.2, -0.15) is 0 Å². The predicted octanol–water partition coefficient (Wildman–Crippen LogP) is 1.63. The molecule has 0 radical (unpaired) electrons. The van der Waals surface area contributed by atoms with Gasteiger partial charge in [0.25, 0.3) is 0 Å². The van der Waals surface area contributed by atoms with Crippen molar-refractivity contribution in [1.29, 1.82) is 0 Å². The normalized spacial score (nSPS) is 21.1. The quantitative estimate of drug-likeness (QED) is 0.872. The van der Waals surface area contributed by atoms with E-state index in [2.05, 4.69) is 0 Å². The second-order valence-electron chi connectivity index (χ2n) is 4.73. The monoisotopic (exact) mass is 254 g/mol. The number of amides is 1. The molecule has 1 aromatic rings. The molecule has 1 amide bonds. The minimum Gasteiger partial charge on any atom is -0.341 e. The minimum atomic E-state index is -0.926. The van der Waals surface area contributed by atoms with Crippen molar-refractivity contribution in [1.82, 2.24) is 4.90 Å². The molecule has 5 heteroatoms. The summed E-state index contributed by atoms with van der Waals surface area (Å²) in [5.41, 5.74) is 6.23. The zero-order valence-electron chi connectivity index (χ0n) is 10.2. The van der Waals surface area contributed by atoms with Gasteiger partial charge in [-0.25, -0.2) is 8.78 Å². The fraction of sp³-hybridized carbons (Fsp3) is 0.462. The molecule has 2 atom stereocenters. The van der Waals surface area contributed by atoms with Gasteiger partial charge in [-0.3, -0.25) is 4.79 Å². The molecule has 0 saturated carbocycles. The van der Waals surface area contributed by atoms with Gasteiger partial charge in [-0.15, -0.1) is 0 Å². The van der Waals surface area contributed by atoms with Gasteiger partial charge < -0.3 is 10.6 Å². The third kappa shape index (κ3) is 2.51. The van der Waals surface area contributed by atoms with Gasteiger partial charge in [0.15, 0.2) is 11.6 Å². The first kappa shape index (κ1) is 13.0. The van der Waals surface area contributed by atoms with E-state index >= 15 is 0 Å². The lowest BCUT2D eigenvalue weighted by Gasteiger charge is -2.21. The molecule has 98 valence electrons. The molecule has 1 aliphatic rings. The van der Waals surface area contributed by atoms with Crippen molar-refractivity contribution in [3.05, 3.63) is 35.4 Å². The maximum atomic E-state index is 13.1. The Labute approximate surface area is 105 Å². The SMILES string of the molecule is CC(C(=O)N1CC[C@@H](N)C1)c1ccc(F)c(F)c1. The first-order valence-electron chi connectivity index (χ1n) is 5.98. The summed E-state index contributed by atoms with van der Waals surface area (Å²) in [6.07, 6.45) is 0.788. The largest absolute Gasteiger partial charge is 0.341 e. The molecule has 0 aromatic heterocycles. The molecule has 0 spiro atoms. The Morgan fingerprint density at radius 2 is 2.17 bits per heavy atom. The number of benzene rings is 1. The Hall–Kier alpha value is -1.49. The number of rotatable bonds is 2. The summed E-state index contributed by atoms with van der Waals surface area (Å²) < 4.78 is 26.0. The van der Waals surface area contributed by atoms with Gasteiger partial charge in [-0.1, -0.05) is 6.07 Å². The molecule has 1 saturated heterocycles. The second kappa shape index (κ2) is 5.02. The van der Waals surface area contributed by atoms with Crippen LogP contribution in [0.1, 0.15) is 24.8 Å². The van der Waals surface area contributed by atoms with E-state index in [1.165, 1.54) is 6.07 Å². The van der Waals surface area contributed by atoms with Gasteiger partial charge in [-0.05, 0) is 31.0 Å². The molecule has 2 rings (SSSR count). The lowest BCUT2D eigenvalue weighted by molar-refractivity contribution is -0.131. The molecule has 18 heavy (non-hydrogen) atoms. The second-order valence-corrected chi connectivity index (χ2v) is 4.73. The van der Waals surface area contributed by atoms with Crippen molar-refractivity contribution in [3.8, 4) is 0 Å². The Balaban J connectivity index is 2.12. The summed E-state index contributed by atoms with van der Waals surface area (Å²) in [6, 6.07) is 3.58. The molecule has 0 aliphatic carbocycles. The number of hydrogen-bond acceptors (Lipinski definition) is 2.